The van der Waals surface area contributed by atoms with Gasteiger partial charge in [0.15, 0.2) is 0 Å². The van der Waals surface area contributed by atoms with E-state index in [1.165, 1.54) is 12.1 Å². The van der Waals surface area contributed by atoms with Gasteiger partial charge in [-0.15, -0.1) is 0 Å². The summed E-state index contributed by atoms with van der Waals surface area (Å²) in [6.45, 7) is 1.81. The molecule has 16 heavy (non-hydrogen) atoms. The maximum atomic E-state index is 13.3. The van der Waals surface area contributed by atoms with E-state index >= 15 is 0 Å². The number of ether oxygens (including phenoxy) is 1. The highest BCUT2D eigenvalue weighted by atomic mass is 19.1. The van der Waals surface area contributed by atoms with Crippen molar-refractivity contribution in [2.45, 2.75) is 13.5 Å². The van der Waals surface area contributed by atoms with Crippen LogP contribution in [0.4, 0.5) is 4.39 Å². The summed E-state index contributed by atoms with van der Waals surface area (Å²) in [4.78, 5) is 22.6. The normalized spacial score (nSPS) is 9.94. The molecule has 0 aliphatic heterocycles. The van der Waals surface area contributed by atoms with Crippen molar-refractivity contribution < 1.29 is 18.7 Å². The summed E-state index contributed by atoms with van der Waals surface area (Å²) in [7, 11) is 0. The highest BCUT2D eigenvalue weighted by Gasteiger charge is 2.21. The van der Waals surface area contributed by atoms with Gasteiger partial charge in [-0.2, -0.15) is 0 Å². The summed E-state index contributed by atoms with van der Waals surface area (Å²) in [6.07, 6.45) is 0. The fourth-order valence-corrected chi connectivity index (χ4v) is 1.18. The van der Waals surface area contributed by atoms with E-state index in [-0.39, 0.29) is 18.7 Å². The Bertz CT molecular complexity index is 418. The van der Waals surface area contributed by atoms with Crippen molar-refractivity contribution in [3.05, 3.63) is 35.1 Å². The summed E-state index contributed by atoms with van der Waals surface area (Å²) in [6, 6.07) is 3.82. The zero-order chi connectivity index (χ0) is 12.1. The van der Waals surface area contributed by atoms with Crippen LogP contribution in [-0.4, -0.2) is 18.4 Å². The van der Waals surface area contributed by atoms with Gasteiger partial charge in [0, 0.05) is 6.54 Å². The van der Waals surface area contributed by atoms with Crippen molar-refractivity contribution in [2.75, 3.05) is 6.61 Å². The molecule has 2 N–H and O–H groups in total. The minimum atomic E-state index is -1.06. The molecule has 0 saturated heterocycles. The number of Topliss-reactive ketones (excluding diaryl/α,β-unsaturated/α-hetero) is 1. The Balaban J connectivity index is 3.02. The predicted octanol–water partition coefficient (Wildman–Crippen LogP) is 1.03. The Kier molecular flexibility index (Phi) is 4.13. The lowest BCUT2D eigenvalue weighted by Gasteiger charge is -2.04. The molecule has 0 spiro atoms. The van der Waals surface area contributed by atoms with E-state index in [2.05, 4.69) is 4.74 Å². The topological polar surface area (TPSA) is 69.4 Å². The van der Waals surface area contributed by atoms with Gasteiger partial charge in [0.2, 0.25) is 0 Å². The van der Waals surface area contributed by atoms with Gasteiger partial charge in [-0.1, -0.05) is 6.07 Å². The number of rotatable bonds is 4. The van der Waals surface area contributed by atoms with Gasteiger partial charge in [-0.3, -0.25) is 4.79 Å². The first-order chi connectivity index (χ1) is 7.60. The van der Waals surface area contributed by atoms with Gasteiger partial charge >= 0.3 is 5.97 Å². The molecular formula is C11H12FNO3. The van der Waals surface area contributed by atoms with E-state index in [0.717, 1.165) is 6.07 Å². The van der Waals surface area contributed by atoms with Crippen molar-refractivity contribution in [3.8, 4) is 0 Å². The first kappa shape index (κ1) is 12.3. The van der Waals surface area contributed by atoms with Crippen LogP contribution in [0, 0.1) is 5.82 Å². The Morgan fingerprint density at radius 3 is 2.69 bits per heavy atom. The molecule has 1 aromatic rings. The molecule has 0 amide bonds. The summed E-state index contributed by atoms with van der Waals surface area (Å²) >= 11 is 0. The molecule has 86 valence electrons. The molecule has 0 fully saturated rings. The maximum absolute atomic E-state index is 13.3. The summed E-state index contributed by atoms with van der Waals surface area (Å²) < 4.78 is 17.8. The first-order valence-corrected chi connectivity index (χ1v) is 4.80. The van der Waals surface area contributed by atoms with Crippen LogP contribution in [0.2, 0.25) is 0 Å². The number of ketones is 1. The largest absolute Gasteiger partial charge is 0.460 e. The fraction of sp³-hybridized carbons (Fsp3) is 0.273. The molecule has 0 atom stereocenters. The molecule has 1 aromatic carbocycles. The molecule has 0 saturated carbocycles. The van der Waals surface area contributed by atoms with Gasteiger partial charge in [0.05, 0.1) is 12.2 Å². The quantitative estimate of drug-likeness (QED) is 0.472. The minimum Gasteiger partial charge on any atom is -0.460 e. The molecule has 0 aliphatic carbocycles. The van der Waals surface area contributed by atoms with Crippen molar-refractivity contribution in [2.24, 2.45) is 5.73 Å². The van der Waals surface area contributed by atoms with E-state index < -0.39 is 17.6 Å². The molecule has 0 aliphatic rings. The minimum absolute atomic E-state index is 0.0722. The molecular weight excluding hydrogens is 213 g/mol. The standard InChI is InChI=1S/C11H12FNO3/c1-2-16-11(15)10(14)8-5-7(6-13)3-4-9(8)12/h3-5H,2,6,13H2,1H3. The third kappa shape index (κ3) is 2.64. The number of hydrogen-bond acceptors (Lipinski definition) is 4. The number of carbonyl (C=O) groups excluding carboxylic acids is 2. The number of carbonyl (C=O) groups is 2. The smallest absolute Gasteiger partial charge is 0.379 e. The van der Waals surface area contributed by atoms with Crippen molar-refractivity contribution in [1.82, 2.24) is 0 Å². The molecule has 0 radical (unpaired) electrons. The maximum Gasteiger partial charge on any atom is 0.379 e. The lowest BCUT2D eigenvalue weighted by molar-refractivity contribution is -0.137. The summed E-state index contributed by atoms with van der Waals surface area (Å²) in [5.74, 6) is -2.81. The van der Waals surface area contributed by atoms with Gasteiger partial charge < -0.3 is 10.5 Å². The van der Waals surface area contributed by atoms with E-state index in [9.17, 15) is 14.0 Å². The second-order valence-electron chi connectivity index (χ2n) is 3.07. The predicted molar refractivity (Wildman–Crippen MR) is 55.3 cm³/mol. The van der Waals surface area contributed by atoms with E-state index in [1.807, 2.05) is 0 Å². The number of hydrogen-bond donors (Lipinski definition) is 1. The Labute approximate surface area is 92.2 Å². The third-order valence-electron chi connectivity index (χ3n) is 1.97. The second kappa shape index (κ2) is 5.37. The number of esters is 1. The van der Waals surface area contributed by atoms with Crippen LogP contribution >= 0.6 is 0 Å². The Morgan fingerprint density at radius 2 is 2.12 bits per heavy atom. The average Bonchev–Trinajstić information content (AvgIpc) is 2.29. The van der Waals surface area contributed by atoms with Gasteiger partial charge in [-0.05, 0) is 24.6 Å². The van der Waals surface area contributed by atoms with Gasteiger partial charge in [0.1, 0.15) is 5.82 Å². The second-order valence-corrected chi connectivity index (χ2v) is 3.07. The lowest BCUT2D eigenvalue weighted by Crippen LogP contribution is -2.19. The van der Waals surface area contributed by atoms with E-state index in [0.29, 0.717) is 5.56 Å². The average molecular weight is 225 g/mol. The molecule has 4 nitrogen and oxygen atoms in total. The zero-order valence-electron chi connectivity index (χ0n) is 8.83. The van der Waals surface area contributed by atoms with Crippen LogP contribution in [-0.2, 0) is 16.1 Å². The highest BCUT2D eigenvalue weighted by molar-refractivity contribution is 6.40. The molecule has 0 unspecified atom stereocenters. The molecule has 1 rings (SSSR count). The molecule has 5 heteroatoms. The monoisotopic (exact) mass is 225 g/mol. The highest BCUT2D eigenvalue weighted by Crippen LogP contribution is 2.11. The van der Waals surface area contributed by atoms with Gasteiger partial charge in [-0.25, -0.2) is 9.18 Å². The number of halogens is 1. The van der Waals surface area contributed by atoms with E-state index in [4.69, 9.17) is 5.73 Å². The third-order valence-corrected chi connectivity index (χ3v) is 1.97. The lowest BCUT2D eigenvalue weighted by atomic mass is 10.1. The Morgan fingerprint density at radius 1 is 1.44 bits per heavy atom. The van der Waals surface area contributed by atoms with Crippen LogP contribution in [0.3, 0.4) is 0 Å². The van der Waals surface area contributed by atoms with E-state index in [1.54, 1.807) is 6.92 Å². The van der Waals surface area contributed by atoms with Crippen LogP contribution in [0.5, 0.6) is 0 Å². The zero-order valence-corrected chi connectivity index (χ0v) is 8.83. The molecule has 0 bridgehead atoms. The summed E-state index contributed by atoms with van der Waals surface area (Å²) in [5, 5.41) is 0. The number of nitrogens with two attached hydrogens (primary N) is 1. The summed E-state index contributed by atoms with van der Waals surface area (Å²) in [5.41, 5.74) is 5.63. The van der Waals surface area contributed by atoms with Crippen LogP contribution < -0.4 is 5.73 Å². The van der Waals surface area contributed by atoms with Crippen LogP contribution in [0.15, 0.2) is 18.2 Å². The first-order valence-electron chi connectivity index (χ1n) is 4.80. The van der Waals surface area contributed by atoms with Gasteiger partial charge in [0.25, 0.3) is 5.78 Å². The van der Waals surface area contributed by atoms with Crippen molar-refractivity contribution in [1.29, 1.82) is 0 Å². The molecule has 0 heterocycles. The number of benzene rings is 1. The molecule has 0 aromatic heterocycles. The Hall–Kier alpha value is -1.75. The van der Waals surface area contributed by atoms with Crippen molar-refractivity contribution >= 4 is 11.8 Å². The fourth-order valence-electron chi connectivity index (χ4n) is 1.18. The SMILES string of the molecule is CCOC(=O)C(=O)c1cc(CN)ccc1F. The van der Waals surface area contributed by atoms with Crippen LogP contribution in [0.1, 0.15) is 22.8 Å². The van der Waals surface area contributed by atoms with Crippen LogP contribution in [0.25, 0.3) is 0 Å². The van der Waals surface area contributed by atoms with Crippen molar-refractivity contribution in [3.63, 3.8) is 0 Å².